The van der Waals surface area contributed by atoms with E-state index in [9.17, 15) is 4.79 Å². The fourth-order valence-electron chi connectivity index (χ4n) is 2.00. The third-order valence-electron chi connectivity index (χ3n) is 5.93. The van der Waals surface area contributed by atoms with Crippen LogP contribution < -0.4 is 0 Å². The Bertz CT molecular complexity index is 596. The maximum absolute atomic E-state index is 13.1. The molecular formula is C21H38O3Si2. The van der Waals surface area contributed by atoms with Crippen molar-refractivity contribution in [2.45, 2.75) is 90.3 Å². The van der Waals surface area contributed by atoms with E-state index in [1.54, 1.807) is 0 Å². The van der Waals surface area contributed by atoms with Gasteiger partial charge in [-0.05, 0) is 41.8 Å². The van der Waals surface area contributed by atoms with Crippen molar-refractivity contribution in [2.75, 3.05) is 0 Å². The van der Waals surface area contributed by atoms with Crippen LogP contribution in [-0.2, 0) is 20.1 Å². The summed E-state index contributed by atoms with van der Waals surface area (Å²) in [5.74, 6) is -0.203. The Labute approximate surface area is 162 Å². The van der Waals surface area contributed by atoms with Crippen molar-refractivity contribution in [3.63, 3.8) is 0 Å². The molecule has 148 valence electrons. The third kappa shape index (κ3) is 6.06. The molecule has 0 spiro atoms. The van der Waals surface area contributed by atoms with E-state index in [1.165, 1.54) is 0 Å². The highest BCUT2D eigenvalue weighted by Gasteiger charge is 2.45. The molecule has 0 N–H and O–H groups in total. The van der Waals surface area contributed by atoms with Crippen LogP contribution in [0.3, 0.4) is 0 Å². The molecule has 0 saturated heterocycles. The Balaban J connectivity index is 3.09. The Kier molecular flexibility index (Phi) is 7.10. The van der Waals surface area contributed by atoms with Crippen molar-refractivity contribution < 1.29 is 13.6 Å². The van der Waals surface area contributed by atoms with Crippen LogP contribution in [0.25, 0.3) is 0 Å². The Morgan fingerprint density at radius 2 is 1.35 bits per heavy atom. The molecule has 1 aromatic carbocycles. The van der Waals surface area contributed by atoms with Gasteiger partial charge < -0.3 is 8.85 Å². The molecule has 0 amide bonds. The van der Waals surface area contributed by atoms with E-state index < -0.39 is 22.7 Å². The molecule has 1 atom stereocenters. The molecule has 0 saturated carbocycles. The Morgan fingerprint density at radius 1 is 0.885 bits per heavy atom. The molecule has 0 bridgehead atoms. The van der Waals surface area contributed by atoms with Crippen LogP contribution in [0.15, 0.2) is 30.3 Å². The topological polar surface area (TPSA) is 35.5 Å². The van der Waals surface area contributed by atoms with E-state index in [0.717, 1.165) is 5.56 Å². The maximum atomic E-state index is 13.1. The minimum absolute atomic E-state index is 0.0169. The van der Waals surface area contributed by atoms with E-state index in [0.29, 0.717) is 6.42 Å². The second-order valence-corrected chi connectivity index (χ2v) is 19.7. The van der Waals surface area contributed by atoms with Crippen molar-refractivity contribution >= 4 is 22.6 Å². The number of hydrogen-bond acceptors (Lipinski definition) is 3. The zero-order valence-corrected chi connectivity index (χ0v) is 20.4. The zero-order valence-electron chi connectivity index (χ0n) is 18.4. The fraction of sp³-hybridized carbons (Fsp3) is 0.667. The van der Waals surface area contributed by atoms with Gasteiger partial charge in [0.25, 0.3) is 8.32 Å². The lowest BCUT2D eigenvalue weighted by atomic mass is 10.1. The van der Waals surface area contributed by atoms with E-state index in [1.807, 2.05) is 30.3 Å². The predicted molar refractivity (Wildman–Crippen MR) is 116 cm³/mol. The first-order valence-corrected chi connectivity index (χ1v) is 15.3. The van der Waals surface area contributed by atoms with Gasteiger partial charge in [0.15, 0.2) is 8.32 Å². The molecule has 1 unspecified atom stereocenters. The normalized spacial score (nSPS) is 14.8. The van der Waals surface area contributed by atoms with Crippen LogP contribution in [0, 0.1) is 0 Å². The molecule has 0 radical (unpaired) electrons. The Morgan fingerprint density at radius 3 is 1.77 bits per heavy atom. The lowest BCUT2D eigenvalue weighted by molar-refractivity contribution is -0.144. The highest BCUT2D eigenvalue weighted by molar-refractivity contribution is 6.76. The largest absolute Gasteiger partial charge is 0.517 e. The first kappa shape index (κ1) is 23.1. The average molecular weight is 395 g/mol. The average Bonchev–Trinajstić information content (AvgIpc) is 2.44. The number of hydrogen-bond donors (Lipinski definition) is 0. The molecule has 0 aliphatic rings. The molecule has 0 aromatic heterocycles. The molecule has 1 rings (SSSR count). The van der Waals surface area contributed by atoms with Gasteiger partial charge in [-0.15, -0.1) is 0 Å². The van der Waals surface area contributed by atoms with Crippen molar-refractivity contribution in [3.8, 4) is 0 Å². The molecule has 0 fully saturated rings. The summed E-state index contributed by atoms with van der Waals surface area (Å²) < 4.78 is 12.6. The lowest BCUT2D eigenvalue weighted by Crippen LogP contribution is -2.50. The second kappa shape index (κ2) is 7.99. The Hall–Kier alpha value is -0.916. The molecule has 3 nitrogen and oxygen atoms in total. The molecule has 0 aliphatic carbocycles. The van der Waals surface area contributed by atoms with Crippen LogP contribution in [0.4, 0.5) is 0 Å². The van der Waals surface area contributed by atoms with Crippen LogP contribution in [0.1, 0.15) is 47.1 Å². The van der Waals surface area contributed by atoms with Crippen LogP contribution >= 0.6 is 0 Å². The summed E-state index contributed by atoms with van der Waals surface area (Å²) in [6.45, 7) is 21.6. The second-order valence-electron chi connectivity index (χ2n) is 10.2. The SMILES string of the molecule is CC(C)(C)[Si](C)(C)OC(=O)C(Cc1ccccc1)O[Si](C)(C)C(C)(C)C. The molecule has 1 aromatic rings. The molecule has 0 heterocycles. The lowest BCUT2D eigenvalue weighted by Gasteiger charge is -2.41. The molecule has 0 aliphatic heterocycles. The van der Waals surface area contributed by atoms with Gasteiger partial charge in [-0.1, -0.05) is 71.9 Å². The smallest absolute Gasteiger partial charge is 0.321 e. The van der Waals surface area contributed by atoms with Crippen LogP contribution in [0.5, 0.6) is 0 Å². The van der Waals surface area contributed by atoms with Crippen molar-refractivity contribution in [1.82, 2.24) is 0 Å². The van der Waals surface area contributed by atoms with Gasteiger partial charge in [-0.2, -0.15) is 0 Å². The van der Waals surface area contributed by atoms with E-state index in [2.05, 4.69) is 67.7 Å². The third-order valence-corrected chi connectivity index (χ3v) is 14.7. The number of rotatable bonds is 6. The molecule has 26 heavy (non-hydrogen) atoms. The summed E-state index contributed by atoms with van der Waals surface area (Å²) in [4.78, 5) is 13.1. The molecular weight excluding hydrogens is 356 g/mol. The number of carbonyl (C=O) groups excluding carboxylic acids is 1. The summed E-state index contributed by atoms with van der Waals surface area (Å²) >= 11 is 0. The van der Waals surface area contributed by atoms with Crippen molar-refractivity contribution in [3.05, 3.63) is 35.9 Å². The van der Waals surface area contributed by atoms with E-state index in [4.69, 9.17) is 8.85 Å². The van der Waals surface area contributed by atoms with Gasteiger partial charge >= 0.3 is 5.97 Å². The minimum Gasteiger partial charge on any atom is -0.517 e. The van der Waals surface area contributed by atoms with Crippen LogP contribution in [-0.4, -0.2) is 28.7 Å². The fourth-order valence-corrected chi connectivity index (χ4v) is 4.19. The van der Waals surface area contributed by atoms with E-state index >= 15 is 0 Å². The standard InChI is InChI=1S/C21H38O3Si2/c1-20(2,3)25(7,8)23-18(16-17-14-12-11-13-15-17)19(22)24-26(9,10)21(4,5)6/h11-15,18H,16H2,1-10H3. The first-order chi connectivity index (χ1) is 11.6. The van der Waals surface area contributed by atoms with Gasteiger partial charge in [0.2, 0.25) is 0 Å². The van der Waals surface area contributed by atoms with E-state index in [-0.39, 0.29) is 16.0 Å². The molecule has 5 heteroatoms. The number of benzene rings is 1. The summed E-state index contributed by atoms with van der Waals surface area (Å²) in [5.41, 5.74) is 1.10. The summed E-state index contributed by atoms with van der Waals surface area (Å²) in [5, 5.41) is 0.0239. The summed E-state index contributed by atoms with van der Waals surface area (Å²) in [6, 6.07) is 10.1. The van der Waals surface area contributed by atoms with Gasteiger partial charge in [0.05, 0.1) is 0 Å². The van der Waals surface area contributed by atoms with Crippen LogP contribution in [0.2, 0.25) is 36.3 Å². The maximum Gasteiger partial charge on any atom is 0.321 e. The van der Waals surface area contributed by atoms with Crippen molar-refractivity contribution in [1.29, 1.82) is 0 Å². The quantitative estimate of drug-likeness (QED) is 0.541. The minimum atomic E-state index is -2.18. The highest BCUT2D eigenvalue weighted by atomic mass is 28.4. The predicted octanol–water partition coefficient (Wildman–Crippen LogP) is 6.17. The first-order valence-electron chi connectivity index (χ1n) is 9.51. The summed E-state index contributed by atoms with van der Waals surface area (Å²) in [6.07, 6.45) is 0.00767. The summed E-state index contributed by atoms with van der Waals surface area (Å²) in [7, 11) is -4.27. The monoisotopic (exact) mass is 394 g/mol. The van der Waals surface area contributed by atoms with Gasteiger partial charge in [0, 0.05) is 6.42 Å². The van der Waals surface area contributed by atoms with Gasteiger partial charge in [-0.25, -0.2) is 0 Å². The van der Waals surface area contributed by atoms with Crippen molar-refractivity contribution in [2.24, 2.45) is 0 Å². The number of carbonyl (C=O) groups is 1. The zero-order chi connectivity index (χ0) is 20.4. The van der Waals surface area contributed by atoms with Gasteiger partial charge in [0.1, 0.15) is 6.10 Å². The van der Waals surface area contributed by atoms with Gasteiger partial charge in [-0.3, -0.25) is 4.79 Å². The highest BCUT2D eigenvalue weighted by Crippen LogP contribution is 2.39.